The highest BCUT2D eigenvalue weighted by Gasteiger charge is 2.51. The van der Waals surface area contributed by atoms with Crippen LogP contribution in [0.2, 0.25) is 0 Å². The molecule has 0 saturated heterocycles. The smallest absolute Gasteiger partial charge is 0.244 e. The standard InChI is InChI=1S/C31H41N3O5S/c1-21(30(36)32-2)33(19-22-5-11-28(39-3)12-6-22)29(35)20-34(40(4,37)38)27-9-7-26(8-10-27)31-16-23-13-24(17-31)15-25(14-23)18-31/h5-12,21,23-25H,13-20H2,1-4H3,(H,32,36). The monoisotopic (exact) mass is 567 g/mol. The Balaban J connectivity index is 1.38. The van der Waals surface area contributed by atoms with Crippen LogP contribution in [0.25, 0.3) is 0 Å². The molecule has 0 heterocycles. The summed E-state index contributed by atoms with van der Waals surface area (Å²) in [4.78, 5) is 27.6. The van der Waals surface area contributed by atoms with E-state index in [1.807, 2.05) is 24.3 Å². The van der Waals surface area contributed by atoms with Crippen molar-refractivity contribution < 1.29 is 22.7 Å². The van der Waals surface area contributed by atoms with Crippen molar-refractivity contribution in [3.05, 3.63) is 59.7 Å². The molecule has 0 radical (unpaired) electrons. The van der Waals surface area contributed by atoms with Crippen molar-refractivity contribution in [2.45, 2.75) is 63.5 Å². The molecule has 0 aromatic heterocycles. The molecule has 2 aromatic rings. The molecule has 1 N–H and O–H groups in total. The molecule has 0 spiro atoms. The minimum absolute atomic E-state index is 0.153. The van der Waals surface area contributed by atoms with Crippen molar-refractivity contribution in [3.63, 3.8) is 0 Å². The largest absolute Gasteiger partial charge is 0.497 e. The number of anilines is 1. The van der Waals surface area contributed by atoms with Crippen molar-refractivity contribution in [1.82, 2.24) is 10.2 Å². The van der Waals surface area contributed by atoms with Crippen LogP contribution in [0, 0.1) is 17.8 Å². The maximum absolute atomic E-state index is 13.7. The van der Waals surface area contributed by atoms with Crippen LogP contribution in [0.15, 0.2) is 48.5 Å². The van der Waals surface area contributed by atoms with Crippen molar-refractivity contribution in [3.8, 4) is 5.75 Å². The Morgan fingerprint density at radius 3 is 2.00 bits per heavy atom. The molecule has 4 fully saturated rings. The first-order valence-electron chi connectivity index (χ1n) is 14.2. The lowest BCUT2D eigenvalue weighted by molar-refractivity contribution is -0.139. The summed E-state index contributed by atoms with van der Waals surface area (Å²) in [6.45, 7) is 1.40. The van der Waals surface area contributed by atoms with Gasteiger partial charge in [0.1, 0.15) is 18.3 Å². The van der Waals surface area contributed by atoms with Gasteiger partial charge in [-0.15, -0.1) is 0 Å². The predicted octanol–water partition coefficient (Wildman–Crippen LogP) is 4.09. The Morgan fingerprint density at radius 2 is 1.52 bits per heavy atom. The fourth-order valence-corrected chi connectivity index (χ4v) is 8.63. The summed E-state index contributed by atoms with van der Waals surface area (Å²) in [5, 5.41) is 2.60. The second-order valence-corrected chi connectivity index (χ2v) is 14.1. The van der Waals surface area contributed by atoms with Gasteiger partial charge in [0.25, 0.3) is 0 Å². The van der Waals surface area contributed by atoms with Crippen molar-refractivity contribution in [1.29, 1.82) is 0 Å². The number of carbonyl (C=O) groups excluding carboxylic acids is 2. The van der Waals surface area contributed by atoms with Gasteiger partial charge in [-0.25, -0.2) is 8.42 Å². The van der Waals surface area contributed by atoms with Gasteiger partial charge >= 0.3 is 0 Å². The average molecular weight is 568 g/mol. The van der Waals surface area contributed by atoms with E-state index in [0.717, 1.165) is 33.9 Å². The molecule has 0 aliphatic heterocycles. The molecule has 1 unspecified atom stereocenters. The fraction of sp³-hybridized carbons (Fsp3) is 0.548. The first kappa shape index (κ1) is 28.5. The van der Waals surface area contributed by atoms with E-state index in [-0.39, 0.29) is 17.9 Å². The van der Waals surface area contributed by atoms with Crippen molar-refractivity contribution >= 4 is 27.5 Å². The molecule has 6 rings (SSSR count). The van der Waals surface area contributed by atoms with E-state index >= 15 is 0 Å². The minimum atomic E-state index is -3.77. The van der Waals surface area contributed by atoms with Crippen LogP contribution in [0.3, 0.4) is 0 Å². The molecule has 4 aliphatic rings. The number of nitrogens with one attached hydrogen (secondary N) is 1. The molecular formula is C31H41N3O5S. The lowest BCUT2D eigenvalue weighted by Crippen LogP contribution is -2.50. The van der Waals surface area contributed by atoms with Crippen LogP contribution in [0.5, 0.6) is 5.75 Å². The topological polar surface area (TPSA) is 96.0 Å². The maximum Gasteiger partial charge on any atom is 0.244 e. The van der Waals surface area contributed by atoms with Gasteiger partial charge in [0.05, 0.1) is 19.1 Å². The fourth-order valence-electron chi connectivity index (χ4n) is 7.78. The lowest BCUT2D eigenvalue weighted by Gasteiger charge is -2.57. The number of hydrogen-bond donors (Lipinski definition) is 1. The number of nitrogens with zero attached hydrogens (tertiary/aromatic N) is 2. The Hall–Kier alpha value is -3.07. The Labute approximate surface area is 238 Å². The highest BCUT2D eigenvalue weighted by atomic mass is 32.2. The molecule has 9 heteroatoms. The van der Waals surface area contributed by atoms with Gasteiger partial charge in [-0.2, -0.15) is 0 Å². The number of likely N-dealkylation sites (N-methyl/N-ethyl adjacent to an activating group) is 1. The number of rotatable bonds is 10. The summed E-state index contributed by atoms with van der Waals surface area (Å²) in [6.07, 6.45) is 8.89. The van der Waals surface area contributed by atoms with E-state index in [4.69, 9.17) is 4.74 Å². The first-order valence-corrected chi connectivity index (χ1v) is 16.1. The Morgan fingerprint density at radius 1 is 0.975 bits per heavy atom. The second-order valence-electron chi connectivity index (χ2n) is 12.2. The average Bonchev–Trinajstić information content (AvgIpc) is 2.92. The molecule has 4 aliphatic carbocycles. The third-order valence-electron chi connectivity index (χ3n) is 9.41. The van der Waals surface area contributed by atoms with Gasteiger partial charge in [0, 0.05) is 13.6 Å². The van der Waals surface area contributed by atoms with Crippen LogP contribution in [-0.4, -0.2) is 58.1 Å². The van der Waals surface area contributed by atoms with E-state index in [9.17, 15) is 18.0 Å². The van der Waals surface area contributed by atoms with Crippen LogP contribution in [0.1, 0.15) is 56.6 Å². The molecule has 2 aromatic carbocycles. The van der Waals surface area contributed by atoms with E-state index in [2.05, 4.69) is 17.4 Å². The maximum atomic E-state index is 13.7. The molecule has 1 atom stereocenters. The third-order valence-corrected chi connectivity index (χ3v) is 10.6. The predicted molar refractivity (Wildman–Crippen MR) is 156 cm³/mol. The number of hydrogen-bond acceptors (Lipinski definition) is 5. The first-order chi connectivity index (χ1) is 19.0. The van der Waals surface area contributed by atoms with E-state index in [1.165, 1.54) is 56.0 Å². The SMILES string of the molecule is CNC(=O)C(C)N(Cc1ccc(OC)cc1)C(=O)CN(c1ccc(C23CC4CC(CC(C4)C2)C3)cc1)S(C)(=O)=O. The van der Waals surface area contributed by atoms with Crippen molar-refractivity contribution in [2.24, 2.45) is 17.8 Å². The number of sulfonamides is 1. The summed E-state index contributed by atoms with van der Waals surface area (Å²) in [5.41, 5.74) is 2.76. The molecule has 8 nitrogen and oxygen atoms in total. The third kappa shape index (κ3) is 5.71. The van der Waals surface area contributed by atoms with Crippen LogP contribution >= 0.6 is 0 Å². The van der Waals surface area contributed by atoms with E-state index in [1.54, 1.807) is 26.2 Å². The Kier molecular flexibility index (Phi) is 7.88. The number of benzene rings is 2. The molecule has 216 valence electrons. The number of amides is 2. The van der Waals surface area contributed by atoms with Crippen LogP contribution in [-0.2, 0) is 31.6 Å². The summed E-state index contributed by atoms with van der Waals surface area (Å²) < 4.78 is 32.3. The highest BCUT2D eigenvalue weighted by Crippen LogP contribution is 2.60. The van der Waals surface area contributed by atoms with Crippen molar-refractivity contribution in [2.75, 3.05) is 31.3 Å². The molecular weight excluding hydrogens is 526 g/mol. The number of ether oxygens (including phenoxy) is 1. The van der Waals surface area contributed by atoms with Gasteiger partial charge in [0.2, 0.25) is 21.8 Å². The normalized spacial score (nSPS) is 25.8. The van der Waals surface area contributed by atoms with E-state index in [0.29, 0.717) is 11.4 Å². The zero-order valence-electron chi connectivity index (χ0n) is 23.9. The minimum Gasteiger partial charge on any atom is -0.497 e. The quantitative estimate of drug-likeness (QED) is 0.467. The summed E-state index contributed by atoms with van der Waals surface area (Å²) in [5.74, 6) is 2.34. The zero-order chi connectivity index (χ0) is 28.7. The van der Waals surface area contributed by atoms with E-state index < -0.39 is 28.5 Å². The van der Waals surface area contributed by atoms with Gasteiger partial charge in [-0.3, -0.25) is 13.9 Å². The highest BCUT2D eigenvalue weighted by molar-refractivity contribution is 7.92. The molecule has 40 heavy (non-hydrogen) atoms. The molecule has 4 saturated carbocycles. The van der Waals surface area contributed by atoms with Gasteiger partial charge in [0.15, 0.2) is 0 Å². The summed E-state index contributed by atoms with van der Waals surface area (Å²) in [6, 6.07) is 14.3. The van der Waals surface area contributed by atoms with Gasteiger partial charge in [-0.05, 0) is 104 Å². The summed E-state index contributed by atoms with van der Waals surface area (Å²) >= 11 is 0. The van der Waals surface area contributed by atoms with Gasteiger partial charge in [-0.1, -0.05) is 24.3 Å². The molecule has 4 bridgehead atoms. The van der Waals surface area contributed by atoms with Crippen LogP contribution < -0.4 is 14.4 Å². The zero-order valence-corrected chi connectivity index (χ0v) is 24.7. The second kappa shape index (κ2) is 11.1. The van der Waals surface area contributed by atoms with Crippen LogP contribution in [0.4, 0.5) is 5.69 Å². The number of carbonyl (C=O) groups is 2. The number of methoxy groups -OCH3 is 1. The summed E-state index contributed by atoms with van der Waals surface area (Å²) in [7, 11) is -0.675. The molecule has 2 amide bonds. The lowest BCUT2D eigenvalue weighted by atomic mass is 9.48. The Bertz CT molecular complexity index is 1300. The van der Waals surface area contributed by atoms with Gasteiger partial charge < -0.3 is 15.0 Å².